The first-order chi connectivity index (χ1) is 7.72. The molecule has 0 radical (unpaired) electrons. The molecule has 88 valence electrons. The van der Waals surface area contributed by atoms with Crippen molar-refractivity contribution in [2.24, 2.45) is 0 Å². The van der Waals surface area contributed by atoms with Crippen LogP contribution in [0.2, 0.25) is 5.02 Å². The highest BCUT2D eigenvalue weighted by Gasteiger charge is 2.21. The van der Waals surface area contributed by atoms with E-state index in [0.29, 0.717) is 0 Å². The molecule has 1 aromatic rings. The van der Waals surface area contributed by atoms with E-state index in [9.17, 15) is 0 Å². The molecule has 0 aliphatic carbocycles. The molecule has 1 atom stereocenters. The quantitative estimate of drug-likeness (QED) is 0.862. The first kappa shape index (κ1) is 11.7. The minimum absolute atomic E-state index is 0.0288. The van der Waals surface area contributed by atoms with Gasteiger partial charge in [0.25, 0.3) is 0 Å². The van der Waals surface area contributed by atoms with Gasteiger partial charge in [-0.25, -0.2) is 0 Å². The molecule has 0 amide bonds. The zero-order valence-corrected chi connectivity index (χ0v) is 10.3. The topological polar surface area (TPSA) is 30.5 Å². The molecule has 16 heavy (non-hydrogen) atoms. The number of nitrogens with one attached hydrogen (secondary N) is 1. The van der Waals surface area contributed by atoms with E-state index in [1.165, 1.54) is 0 Å². The average molecular weight is 242 g/mol. The second kappa shape index (κ2) is 5.04. The van der Waals surface area contributed by atoms with Gasteiger partial charge in [-0.05, 0) is 24.6 Å². The summed E-state index contributed by atoms with van der Waals surface area (Å²) in [5.41, 5.74) is 2.07. The normalized spacial score (nSPS) is 20.8. The van der Waals surface area contributed by atoms with Crippen molar-refractivity contribution in [3.05, 3.63) is 28.3 Å². The molecular weight excluding hydrogens is 226 g/mol. The Balaban J connectivity index is 2.36. The second-order valence-corrected chi connectivity index (χ2v) is 4.35. The highest BCUT2D eigenvalue weighted by molar-refractivity contribution is 6.30. The van der Waals surface area contributed by atoms with E-state index in [2.05, 4.69) is 5.32 Å². The van der Waals surface area contributed by atoms with Crippen molar-refractivity contribution in [1.82, 2.24) is 5.32 Å². The molecule has 1 aromatic carbocycles. The van der Waals surface area contributed by atoms with Crippen LogP contribution >= 0.6 is 11.6 Å². The van der Waals surface area contributed by atoms with Crippen LogP contribution in [0.3, 0.4) is 0 Å². The summed E-state index contributed by atoms with van der Waals surface area (Å²) in [6.07, 6.45) is 0.0288. The fourth-order valence-corrected chi connectivity index (χ4v) is 2.32. The molecule has 3 nitrogen and oxygen atoms in total. The molecule has 4 heteroatoms. The van der Waals surface area contributed by atoms with Crippen LogP contribution in [-0.2, 0) is 4.74 Å². The Kier molecular flexibility index (Phi) is 3.69. The van der Waals surface area contributed by atoms with Gasteiger partial charge in [0, 0.05) is 23.7 Å². The van der Waals surface area contributed by atoms with Crippen molar-refractivity contribution in [3.8, 4) is 5.75 Å². The predicted molar refractivity (Wildman–Crippen MR) is 64.3 cm³/mol. The lowest BCUT2D eigenvalue weighted by atomic mass is 10.0. The van der Waals surface area contributed by atoms with E-state index in [4.69, 9.17) is 21.1 Å². The van der Waals surface area contributed by atoms with Gasteiger partial charge in [-0.15, -0.1) is 0 Å². The van der Waals surface area contributed by atoms with Crippen LogP contribution < -0.4 is 10.1 Å². The minimum atomic E-state index is 0.0288. The van der Waals surface area contributed by atoms with Gasteiger partial charge in [0.05, 0.1) is 19.8 Å². The van der Waals surface area contributed by atoms with Gasteiger partial charge in [0.2, 0.25) is 0 Å². The lowest BCUT2D eigenvalue weighted by Gasteiger charge is -2.26. The first-order valence-corrected chi connectivity index (χ1v) is 5.76. The zero-order valence-electron chi connectivity index (χ0n) is 9.55. The Bertz CT molecular complexity index is 376. The monoisotopic (exact) mass is 241 g/mol. The van der Waals surface area contributed by atoms with Crippen LogP contribution in [0.1, 0.15) is 17.2 Å². The molecule has 1 N–H and O–H groups in total. The number of ether oxygens (including phenoxy) is 2. The third-order valence-corrected chi connectivity index (χ3v) is 2.96. The van der Waals surface area contributed by atoms with Gasteiger partial charge in [0.15, 0.2) is 0 Å². The standard InChI is InChI=1S/C12H16ClNO2/c1-8-5-9(13)6-10(12(8)15-2)11-7-14-3-4-16-11/h5-6,11,14H,3-4,7H2,1-2H3. The van der Waals surface area contributed by atoms with Gasteiger partial charge >= 0.3 is 0 Å². The maximum Gasteiger partial charge on any atom is 0.127 e. The number of hydrogen-bond acceptors (Lipinski definition) is 3. The van der Waals surface area contributed by atoms with Crippen molar-refractivity contribution in [2.45, 2.75) is 13.0 Å². The highest BCUT2D eigenvalue weighted by Crippen LogP contribution is 2.34. The van der Waals surface area contributed by atoms with E-state index in [1.807, 2.05) is 19.1 Å². The van der Waals surface area contributed by atoms with Gasteiger partial charge in [-0.1, -0.05) is 11.6 Å². The summed E-state index contributed by atoms with van der Waals surface area (Å²) in [4.78, 5) is 0. The first-order valence-electron chi connectivity index (χ1n) is 5.38. The smallest absolute Gasteiger partial charge is 0.127 e. The molecule has 1 saturated heterocycles. The van der Waals surface area contributed by atoms with Crippen LogP contribution in [0.25, 0.3) is 0 Å². The lowest BCUT2D eigenvalue weighted by molar-refractivity contribution is 0.0262. The van der Waals surface area contributed by atoms with Crippen molar-refractivity contribution < 1.29 is 9.47 Å². The summed E-state index contributed by atoms with van der Waals surface area (Å²) in [5, 5.41) is 4.02. The molecule has 0 spiro atoms. The summed E-state index contributed by atoms with van der Waals surface area (Å²) in [7, 11) is 1.68. The lowest BCUT2D eigenvalue weighted by Crippen LogP contribution is -2.33. The van der Waals surface area contributed by atoms with E-state index in [1.54, 1.807) is 7.11 Å². The van der Waals surface area contributed by atoms with Gasteiger partial charge in [-0.2, -0.15) is 0 Å². The average Bonchev–Trinajstić information content (AvgIpc) is 2.29. The number of morpholine rings is 1. The van der Waals surface area contributed by atoms with E-state index < -0.39 is 0 Å². The Labute approximate surface area is 101 Å². The Morgan fingerprint density at radius 1 is 1.50 bits per heavy atom. The number of halogens is 1. The summed E-state index contributed by atoms with van der Waals surface area (Å²) in [5.74, 6) is 0.873. The summed E-state index contributed by atoms with van der Waals surface area (Å²) in [6.45, 7) is 4.42. The molecule has 1 aliphatic heterocycles. The van der Waals surface area contributed by atoms with E-state index in [-0.39, 0.29) is 6.10 Å². The Hall–Kier alpha value is -0.770. The number of rotatable bonds is 2. The molecule has 1 fully saturated rings. The largest absolute Gasteiger partial charge is 0.496 e. The van der Waals surface area contributed by atoms with Crippen LogP contribution in [0.4, 0.5) is 0 Å². The molecule has 0 bridgehead atoms. The van der Waals surface area contributed by atoms with E-state index in [0.717, 1.165) is 41.6 Å². The number of methoxy groups -OCH3 is 1. The fraction of sp³-hybridized carbons (Fsp3) is 0.500. The van der Waals surface area contributed by atoms with Gasteiger partial charge < -0.3 is 14.8 Å². The summed E-state index contributed by atoms with van der Waals surface area (Å²) in [6, 6.07) is 3.82. The van der Waals surface area contributed by atoms with Crippen molar-refractivity contribution in [3.63, 3.8) is 0 Å². The molecule has 0 saturated carbocycles. The summed E-state index contributed by atoms with van der Waals surface area (Å²) < 4.78 is 11.1. The summed E-state index contributed by atoms with van der Waals surface area (Å²) >= 11 is 6.07. The SMILES string of the molecule is COc1c(C)cc(Cl)cc1C1CNCCO1. The molecular formula is C12H16ClNO2. The Morgan fingerprint density at radius 2 is 2.31 bits per heavy atom. The third kappa shape index (κ3) is 2.32. The minimum Gasteiger partial charge on any atom is -0.496 e. The van der Waals surface area contributed by atoms with Crippen LogP contribution in [0.5, 0.6) is 5.75 Å². The predicted octanol–water partition coefficient (Wildman–Crippen LogP) is 2.32. The van der Waals surface area contributed by atoms with E-state index >= 15 is 0 Å². The molecule has 2 rings (SSSR count). The third-order valence-electron chi connectivity index (χ3n) is 2.75. The van der Waals surface area contributed by atoms with Gasteiger partial charge in [-0.3, -0.25) is 0 Å². The van der Waals surface area contributed by atoms with Crippen LogP contribution in [-0.4, -0.2) is 26.8 Å². The van der Waals surface area contributed by atoms with Crippen LogP contribution in [0.15, 0.2) is 12.1 Å². The second-order valence-electron chi connectivity index (χ2n) is 3.91. The van der Waals surface area contributed by atoms with Gasteiger partial charge in [0.1, 0.15) is 5.75 Å². The molecule has 1 unspecified atom stereocenters. The number of hydrogen-bond donors (Lipinski definition) is 1. The van der Waals surface area contributed by atoms with Crippen LogP contribution in [0, 0.1) is 6.92 Å². The maximum absolute atomic E-state index is 6.07. The molecule has 1 heterocycles. The zero-order chi connectivity index (χ0) is 11.5. The highest BCUT2D eigenvalue weighted by atomic mass is 35.5. The Morgan fingerprint density at radius 3 is 2.94 bits per heavy atom. The van der Waals surface area contributed by atoms with Crippen molar-refractivity contribution >= 4 is 11.6 Å². The maximum atomic E-state index is 6.07. The fourth-order valence-electron chi connectivity index (χ4n) is 2.04. The van der Waals surface area contributed by atoms with Crippen molar-refractivity contribution in [2.75, 3.05) is 26.8 Å². The molecule has 0 aromatic heterocycles. The molecule has 1 aliphatic rings. The number of benzene rings is 1. The van der Waals surface area contributed by atoms with Crippen molar-refractivity contribution in [1.29, 1.82) is 0 Å². The number of aryl methyl sites for hydroxylation is 1.